The summed E-state index contributed by atoms with van der Waals surface area (Å²) in [7, 11) is 0. The van der Waals surface area contributed by atoms with Gasteiger partial charge in [-0.2, -0.15) is 0 Å². The lowest BCUT2D eigenvalue weighted by Crippen LogP contribution is -2.34. The van der Waals surface area contributed by atoms with E-state index in [2.05, 4.69) is 40.9 Å². The quantitative estimate of drug-likeness (QED) is 0.321. The average molecular weight is 490 g/mol. The van der Waals surface area contributed by atoms with Gasteiger partial charge >= 0.3 is 0 Å². The Morgan fingerprint density at radius 2 is 1.84 bits per heavy atom. The van der Waals surface area contributed by atoms with Crippen LogP contribution in [0.2, 0.25) is 0 Å². The highest BCUT2D eigenvalue weighted by molar-refractivity contribution is 9.10. The van der Waals surface area contributed by atoms with Gasteiger partial charge in [-0.15, -0.1) is 0 Å². The van der Waals surface area contributed by atoms with E-state index in [1.807, 2.05) is 48.7 Å². The van der Waals surface area contributed by atoms with E-state index in [0.29, 0.717) is 11.5 Å². The summed E-state index contributed by atoms with van der Waals surface area (Å²) in [5.41, 5.74) is 11.1. The first-order valence-corrected chi connectivity index (χ1v) is 11.0. The number of halogens is 1. The topological polar surface area (TPSA) is 113 Å². The third-order valence-electron chi connectivity index (χ3n) is 5.62. The minimum Gasteiger partial charge on any atom is -0.411 e. The van der Waals surface area contributed by atoms with Crippen molar-refractivity contribution in [2.45, 2.75) is 12.8 Å². The molecule has 1 fully saturated rings. The van der Waals surface area contributed by atoms with Crippen molar-refractivity contribution in [1.29, 1.82) is 0 Å². The fourth-order valence-corrected chi connectivity index (χ4v) is 4.34. The predicted octanol–water partition coefficient (Wildman–Crippen LogP) is 4.53. The fraction of sp³-hybridized carbons (Fsp3) is 0.174. The average Bonchev–Trinajstić information content (AvgIpc) is 2.84. The van der Waals surface area contributed by atoms with Crippen molar-refractivity contribution in [3.63, 3.8) is 0 Å². The molecule has 3 aromatic heterocycles. The Morgan fingerprint density at radius 1 is 1.00 bits per heavy atom. The maximum atomic E-state index is 8.95. The zero-order valence-electron chi connectivity index (χ0n) is 17.1. The summed E-state index contributed by atoms with van der Waals surface area (Å²) in [6.07, 6.45) is 4.74. The van der Waals surface area contributed by atoms with Crippen molar-refractivity contribution in [2.75, 3.05) is 23.7 Å². The molecular weight excluding hydrogens is 470 g/mol. The molecule has 0 spiro atoms. The molecule has 0 bridgehead atoms. The van der Waals surface area contributed by atoms with Gasteiger partial charge in [0.05, 0.1) is 16.8 Å². The number of nitrogen functional groups attached to an aromatic ring is 1. The minimum absolute atomic E-state index is 0.397. The van der Waals surface area contributed by atoms with Crippen molar-refractivity contribution in [2.24, 2.45) is 5.16 Å². The van der Waals surface area contributed by atoms with Crippen LogP contribution in [0.25, 0.3) is 33.4 Å². The summed E-state index contributed by atoms with van der Waals surface area (Å²) in [6, 6.07) is 14.0. The van der Waals surface area contributed by atoms with Crippen LogP contribution in [0.15, 0.2) is 64.6 Å². The number of oxime groups is 1. The van der Waals surface area contributed by atoms with Gasteiger partial charge in [0.2, 0.25) is 0 Å². The van der Waals surface area contributed by atoms with E-state index in [1.165, 1.54) is 6.33 Å². The van der Waals surface area contributed by atoms with Crippen LogP contribution in [-0.4, -0.2) is 43.9 Å². The molecular formula is C23H20BrN7O. The lowest BCUT2D eigenvalue weighted by atomic mass is 10.0. The first-order chi connectivity index (χ1) is 15.6. The summed E-state index contributed by atoms with van der Waals surface area (Å²) in [5.74, 6) is 1.29. The molecule has 1 aliphatic rings. The second-order valence-electron chi connectivity index (χ2n) is 7.58. The zero-order chi connectivity index (χ0) is 22.1. The number of rotatable bonds is 3. The first kappa shape index (κ1) is 20.3. The number of nitrogens with two attached hydrogens (primary N) is 1. The fourth-order valence-electron chi connectivity index (χ4n) is 3.94. The van der Waals surface area contributed by atoms with Crippen LogP contribution in [0.1, 0.15) is 12.8 Å². The molecule has 3 N–H and O–H groups in total. The number of piperidine rings is 1. The second kappa shape index (κ2) is 8.51. The lowest BCUT2D eigenvalue weighted by molar-refractivity contribution is 0.315. The molecule has 0 aliphatic carbocycles. The summed E-state index contributed by atoms with van der Waals surface area (Å²) < 4.78 is 0.971. The van der Waals surface area contributed by atoms with Gasteiger partial charge < -0.3 is 15.8 Å². The number of hydrogen-bond acceptors (Lipinski definition) is 8. The number of anilines is 2. The van der Waals surface area contributed by atoms with Gasteiger partial charge in [-0.25, -0.2) is 19.9 Å². The SMILES string of the molecule is Nc1ncnc2nc(-c3ccc(N4CCC(=NO)CC4)nc3)cc(-c3cccc(Br)c3)c12. The normalized spacial score (nSPS) is 14.0. The molecule has 1 aliphatic heterocycles. The Bertz CT molecular complexity index is 1310. The maximum Gasteiger partial charge on any atom is 0.165 e. The van der Waals surface area contributed by atoms with Crippen molar-refractivity contribution < 1.29 is 5.21 Å². The molecule has 0 unspecified atom stereocenters. The van der Waals surface area contributed by atoms with Gasteiger partial charge in [0.1, 0.15) is 18.0 Å². The highest BCUT2D eigenvalue weighted by Gasteiger charge is 2.18. The van der Waals surface area contributed by atoms with Crippen molar-refractivity contribution in [3.05, 3.63) is 59.5 Å². The van der Waals surface area contributed by atoms with Gasteiger partial charge in [-0.05, 0) is 41.5 Å². The van der Waals surface area contributed by atoms with Crippen molar-refractivity contribution in [1.82, 2.24) is 19.9 Å². The first-order valence-electron chi connectivity index (χ1n) is 10.2. The Hall–Kier alpha value is -3.59. The maximum absolute atomic E-state index is 8.95. The second-order valence-corrected chi connectivity index (χ2v) is 8.50. The van der Waals surface area contributed by atoms with Crippen LogP contribution in [0, 0.1) is 0 Å². The Balaban J connectivity index is 1.55. The van der Waals surface area contributed by atoms with Crippen LogP contribution in [0.5, 0.6) is 0 Å². The number of aromatic nitrogens is 4. The van der Waals surface area contributed by atoms with Crippen LogP contribution in [-0.2, 0) is 0 Å². The third kappa shape index (κ3) is 3.87. The Labute approximate surface area is 193 Å². The predicted molar refractivity (Wildman–Crippen MR) is 129 cm³/mol. The summed E-state index contributed by atoms with van der Waals surface area (Å²) in [4.78, 5) is 20.1. The van der Waals surface area contributed by atoms with E-state index < -0.39 is 0 Å². The number of pyridine rings is 2. The van der Waals surface area contributed by atoms with E-state index in [0.717, 1.165) is 69.7 Å². The van der Waals surface area contributed by atoms with Crippen molar-refractivity contribution in [3.8, 4) is 22.4 Å². The number of benzene rings is 1. The van der Waals surface area contributed by atoms with E-state index in [-0.39, 0.29) is 0 Å². The highest BCUT2D eigenvalue weighted by Crippen LogP contribution is 2.34. The third-order valence-corrected chi connectivity index (χ3v) is 6.11. The number of hydrogen-bond donors (Lipinski definition) is 2. The number of fused-ring (bicyclic) bond motifs is 1. The van der Waals surface area contributed by atoms with E-state index in [1.54, 1.807) is 0 Å². The molecule has 8 nitrogen and oxygen atoms in total. The standard InChI is InChI=1S/C23H20BrN7O/c24-16-3-1-2-14(10-16)18-11-19(29-23-21(18)22(25)27-13-28-23)15-4-5-20(26-12-15)31-8-6-17(30-32)7-9-31/h1-5,10-13,32H,6-9H2,(H2,25,27,28,29). The summed E-state index contributed by atoms with van der Waals surface area (Å²) in [5, 5.41) is 13.0. The molecule has 0 atom stereocenters. The molecule has 1 saturated heterocycles. The van der Waals surface area contributed by atoms with Crippen LogP contribution in [0.3, 0.4) is 0 Å². The summed E-state index contributed by atoms with van der Waals surface area (Å²) >= 11 is 3.55. The molecule has 0 radical (unpaired) electrons. The molecule has 5 rings (SSSR count). The monoisotopic (exact) mass is 489 g/mol. The van der Waals surface area contributed by atoms with Gasteiger partial charge in [0.15, 0.2) is 5.65 Å². The summed E-state index contributed by atoms with van der Waals surface area (Å²) in [6.45, 7) is 1.56. The van der Waals surface area contributed by atoms with Crippen LogP contribution >= 0.6 is 15.9 Å². The highest BCUT2D eigenvalue weighted by atomic mass is 79.9. The molecule has 4 heterocycles. The van der Waals surface area contributed by atoms with Crippen LogP contribution < -0.4 is 10.6 Å². The lowest BCUT2D eigenvalue weighted by Gasteiger charge is -2.28. The molecule has 0 saturated carbocycles. The van der Waals surface area contributed by atoms with E-state index >= 15 is 0 Å². The molecule has 4 aromatic rings. The molecule has 9 heteroatoms. The van der Waals surface area contributed by atoms with Gasteiger partial charge in [-0.3, -0.25) is 0 Å². The minimum atomic E-state index is 0.397. The number of nitrogens with zero attached hydrogens (tertiary/aromatic N) is 6. The molecule has 32 heavy (non-hydrogen) atoms. The van der Waals surface area contributed by atoms with E-state index in [4.69, 9.17) is 15.9 Å². The Morgan fingerprint density at radius 3 is 2.56 bits per heavy atom. The zero-order valence-corrected chi connectivity index (χ0v) is 18.7. The van der Waals surface area contributed by atoms with Crippen molar-refractivity contribution >= 4 is 44.3 Å². The van der Waals surface area contributed by atoms with E-state index in [9.17, 15) is 0 Å². The van der Waals surface area contributed by atoms with Gasteiger partial charge in [-0.1, -0.05) is 33.2 Å². The van der Waals surface area contributed by atoms with Gasteiger partial charge in [0.25, 0.3) is 0 Å². The van der Waals surface area contributed by atoms with Gasteiger partial charge in [0, 0.05) is 42.2 Å². The largest absolute Gasteiger partial charge is 0.411 e. The molecule has 1 aromatic carbocycles. The smallest absolute Gasteiger partial charge is 0.165 e. The Kier molecular flexibility index (Phi) is 5.40. The molecule has 160 valence electrons. The van der Waals surface area contributed by atoms with Crippen LogP contribution in [0.4, 0.5) is 11.6 Å². The molecule has 0 amide bonds.